The normalized spacial score (nSPS) is 16.7. The second-order valence-corrected chi connectivity index (χ2v) is 11.9. The molecule has 0 spiro atoms. The Hall–Kier alpha value is -3.27. The van der Waals surface area contributed by atoms with Gasteiger partial charge in [-0.05, 0) is 42.8 Å². The van der Waals surface area contributed by atoms with Crippen molar-refractivity contribution >= 4 is 31.6 Å². The molecule has 1 amide bonds. The zero-order valence-corrected chi connectivity index (χ0v) is 20.7. The number of halogens is 4. The minimum Gasteiger partial charge on any atom is -0.343 e. The van der Waals surface area contributed by atoms with Gasteiger partial charge in [0.25, 0.3) is 5.91 Å². The minimum absolute atomic E-state index is 0.0357. The van der Waals surface area contributed by atoms with E-state index in [4.69, 9.17) is 0 Å². The smallest absolute Gasteiger partial charge is 0.275 e. The van der Waals surface area contributed by atoms with E-state index in [1.807, 2.05) is 0 Å². The molecule has 0 aliphatic carbocycles. The van der Waals surface area contributed by atoms with Gasteiger partial charge in [-0.2, -0.15) is 4.31 Å². The summed E-state index contributed by atoms with van der Waals surface area (Å²) < 4.78 is 110. The fourth-order valence-corrected chi connectivity index (χ4v) is 6.75. The number of aromatic nitrogens is 1. The lowest BCUT2D eigenvalue weighted by molar-refractivity contribution is 0.101. The first-order chi connectivity index (χ1) is 17.3. The zero-order chi connectivity index (χ0) is 27.1. The molecule has 1 saturated heterocycles. The lowest BCUT2D eigenvalue weighted by Gasteiger charge is -2.17. The first-order valence-corrected chi connectivity index (χ1v) is 13.6. The van der Waals surface area contributed by atoms with Gasteiger partial charge in [0.2, 0.25) is 20.0 Å². The number of anilines is 1. The van der Waals surface area contributed by atoms with Crippen LogP contribution in [0.4, 0.5) is 23.2 Å². The van der Waals surface area contributed by atoms with Gasteiger partial charge in [-0.1, -0.05) is 0 Å². The number of benzene rings is 2. The number of aryl methyl sites for hydroxylation is 1. The van der Waals surface area contributed by atoms with E-state index in [0.717, 1.165) is 51.5 Å². The fraction of sp³-hybridized carbons (Fsp3) is 0.227. The molecule has 1 atom stereocenters. The third kappa shape index (κ3) is 5.39. The molecule has 2 N–H and O–H groups in total. The largest absolute Gasteiger partial charge is 0.343 e. The van der Waals surface area contributed by atoms with E-state index in [-0.39, 0.29) is 30.1 Å². The highest BCUT2D eigenvalue weighted by Gasteiger charge is 2.36. The van der Waals surface area contributed by atoms with Crippen molar-refractivity contribution in [3.8, 4) is 0 Å². The summed E-state index contributed by atoms with van der Waals surface area (Å²) >= 11 is 0. The van der Waals surface area contributed by atoms with Gasteiger partial charge in [0.1, 0.15) is 16.4 Å². The second-order valence-electron chi connectivity index (χ2n) is 8.27. The molecule has 1 fully saturated rings. The van der Waals surface area contributed by atoms with E-state index < -0.39 is 65.9 Å². The summed E-state index contributed by atoms with van der Waals surface area (Å²) in [4.78, 5) is 11.5. The summed E-state index contributed by atoms with van der Waals surface area (Å²) in [6.07, 6.45) is 0.942. The summed E-state index contributed by atoms with van der Waals surface area (Å²) in [6.45, 7) is -0.289. The van der Waals surface area contributed by atoms with Crippen LogP contribution < -0.4 is 10.0 Å². The second kappa shape index (κ2) is 9.89. The molecule has 2 aromatic carbocycles. The SMILES string of the molecule is Cn1cc(S(=O)(=O)N[C@@H]2CCN(S(=O)(=O)c3ccc(F)cc3)C2)c(F)c1C(=O)Nc1ccc(F)c(F)c1. The van der Waals surface area contributed by atoms with Crippen molar-refractivity contribution in [2.75, 3.05) is 18.4 Å². The highest BCUT2D eigenvalue weighted by atomic mass is 32.2. The number of nitrogens with zero attached hydrogens (tertiary/aromatic N) is 2. The predicted molar refractivity (Wildman–Crippen MR) is 124 cm³/mol. The van der Waals surface area contributed by atoms with Crippen molar-refractivity contribution in [3.63, 3.8) is 0 Å². The Kier molecular flexibility index (Phi) is 7.16. The van der Waals surface area contributed by atoms with E-state index >= 15 is 4.39 Å². The van der Waals surface area contributed by atoms with Gasteiger partial charge in [0, 0.05) is 44.1 Å². The maximum absolute atomic E-state index is 15.1. The summed E-state index contributed by atoms with van der Waals surface area (Å²) in [7, 11) is -7.34. The molecule has 0 saturated carbocycles. The molecule has 9 nitrogen and oxygen atoms in total. The van der Waals surface area contributed by atoms with E-state index in [1.54, 1.807) is 0 Å². The molecule has 0 bridgehead atoms. The first kappa shape index (κ1) is 26.8. The summed E-state index contributed by atoms with van der Waals surface area (Å²) in [5, 5.41) is 2.17. The molecule has 0 unspecified atom stereocenters. The molecule has 2 heterocycles. The maximum atomic E-state index is 15.1. The van der Waals surface area contributed by atoms with Crippen molar-refractivity contribution in [2.45, 2.75) is 22.3 Å². The number of amides is 1. The van der Waals surface area contributed by atoms with Gasteiger partial charge in [-0.15, -0.1) is 0 Å². The average Bonchev–Trinajstić information content (AvgIpc) is 3.40. The molecule has 1 aliphatic rings. The molecule has 1 aromatic heterocycles. The van der Waals surface area contributed by atoms with Crippen molar-refractivity contribution in [3.05, 3.63) is 77.6 Å². The molecule has 1 aliphatic heterocycles. The van der Waals surface area contributed by atoms with Crippen LogP contribution in [0.25, 0.3) is 0 Å². The summed E-state index contributed by atoms with van der Waals surface area (Å²) in [6, 6.07) is 5.74. The zero-order valence-electron chi connectivity index (χ0n) is 19.1. The van der Waals surface area contributed by atoms with Gasteiger partial charge >= 0.3 is 0 Å². The van der Waals surface area contributed by atoms with E-state index in [2.05, 4.69) is 10.0 Å². The number of sulfonamides is 2. The topological polar surface area (TPSA) is 118 Å². The monoisotopic (exact) mass is 560 g/mol. The van der Waals surface area contributed by atoms with Crippen LogP contribution >= 0.6 is 0 Å². The average molecular weight is 561 g/mol. The molecule has 15 heteroatoms. The lowest BCUT2D eigenvalue weighted by Crippen LogP contribution is -2.38. The van der Waals surface area contributed by atoms with Crippen LogP contribution in [-0.4, -0.2) is 50.7 Å². The van der Waals surface area contributed by atoms with Crippen molar-refractivity contribution in [1.82, 2.24) is 13.6 Å². The van der Waals surface area contributed by atoms with Gasteiger partial charge in [-0.3, -0.25) is 4.79 Å². The Morgan fingerprint density at radius 3 is 2.30 bits per heavy atom. The van der Waals surface area contributed by atoms with Crippen molar-refractivity contribution < 1.29 is 39.2 Å². The molecule has 3 aromatic rings. The number of carbonyl (C=O) groups is 1. The predicted octanol–water partition coefficient (Wildman–Crippen LogP) is 2.58. The van der Waals surface area contributed by atoms with Crippen molar-refractivity contribution in [2.24, 2.45) is 7.05 Å². The lowest BCUT2D eigenvalue weighted by atomic mass is 10.3. The first-order valence-electron chi connectivity index (χ1n) is 10.7. The summed E-state index contributed by atoms with van der Waals surface area (Å²) in [5.41, 5.74) is -0.863. The Bertz CT molecular complexity index is 1570. The van der Waals surface area contributed by atoms with Crippen LogP contribution in [0.3, 0.4) is 0 Å². The van der Waals surface area contributed by atoms with E-state index in [1.165, 1.54) is 7.05 Å². The quantitative estimate of drug-likeness (QED) is 0.431. The third-order valence-corrected chi connectivity index (χ3v) is 9.08. The van der Waals surface area contributed by atoms with Crippen LogP contribution in [0.1, 0.15) is 16.9 Å². The Morgan fingerprint density at radius 1 is 0.973 bits per heavy atom. The molecule has 4 rings (SSSR count). The molecular formula is C22H20F4N4O5S2. The van der Waals surface area contributed by atoms with Crippen LogP contribution in [0.5, 0.6) is 0 Å². The van der Waals surface area contributed by atoms with Gasteiger partial charge in [0.15, 0.2) is 17.5 Å². The maximum Gasteiger partial charge on any atom is 0.275 e. The highest BCUT2D eigenvalue weighted by Crippen LogP contribution is 2.25. The highest BCUT2D eigenvalue weighted by molar-refractivity contribution is 7.89. The van der Waals surface area contributed by atoms with Gasteiger partial charge in [0.05, 0.1) is 4.90 Å². The standard InChI is InChI=1S/C22H20F4N4O5S2/c1-29-12-19(20(26)21(29)22(31)27-14-4-7-17(24)18(25)10-14)36(32,33)28-15-8-9-30(11-15)37(34,35)16-5-2-13(23)3-6-16/h2-7,10,12,15,28H,8-9,11H2,1H3,(H,27,31)/t15-/m1/s1. The number of hydrogen-bond acceptors (Lipinski definition) is 5. The van der Waals surface area contributed by atoms with Gasteiger partial charge < -0.3 is 9.88 Å². The van der Waals surface area contributed by atoms with Crippen LogP contribution in [0.2, 0.25) is 0 Å². The number of rotatable bonds is 7. The van der Waals surface area contributed by atoms with Crippen molar-refractivity contribution in [1.29, 1.82) is 0 Å². The van der Waals surface area contributed by atoms with E-state index in [9.17, 15) is 34.8 Å². The van der Waals surface area contributed by atoms with Crippen LogP contribution in [0, 0.1) is 23.3 Å². The number of carbonyl (C=O) groups excluding carboxylic acids is 1. The molecular weight excluding hydrogens is 540 g/mol. The third-order valence-electron chi connectivity index (χ3n) is 5.69. The fourth-order valence-electron chi connectivity index (χ4n) is 3.86. The summed E-state index contributed by atoms with van der Waals surface area (Å²) in [5.74, 6) is -5.51. The molecule has 198 valence electrons. The number of hydrogen-bond donors (Lipinski definition) is 2. The Morgan fingerprint density at radius 2 is 1.65 bits per heavy atom. The Balaban J connectivity index is 1.50. The van der Waals surface area contributed by atoms with E-state index in [0.29, 0.717) is 6.07 Å². The Labute approximate surface area is 209 Å². The van der Waals surface area contributed by atoms with Crippen LogP contribution in [-0.2, 0) is 27.1 Å². The molecule has 0 radical (unpaired) electrons. The molecule has 37 heavy (non-hydrogen) atoms. The minimum atomic E-state index is -4.54. The van der Waals surface area contributed by atoms with Gasteiger partial charge in [-0.25, -0.2) is 39.1 Å². The number of nitrogens with one attached hydrogen (secondary N) is 2. The van der Waals surface area contributed by atoms with Crippen LogP contribution in [0.15, 0.2) is 58.5 Å².